The zero-order valence-electron chi connectivity index (χ0n) is 52.9. The number of aliphatic imine (C=N–C) groups is 2. The summed E-state index contributed by atoms with van der Waals surface area (Å²) in [6.45, 7) is -0.961. The summed E-state index contributed by atoms with van der Waals surface area (Å²) >= 11 is 0. The van der Waals surface area contributed by atoms with E-state index in [1.165, 1.54) is 24.3 Å². The van der Waals surface area contributed by atoms with Crippen molar-refractivity contribution < 1.29 is 123 Å². The fraction of sp³-hybridized carbons (Fsp3) is 0.667. The smallest absolute Gasteiger partial charge is 0.246 e. The molecule has 6 amide bonds. The summed E-state index contributed by atoms with van der Waals surface area (Å²) in [5, 5.41) is 150. The van der Waals surface area contributed by atoms with Gasteiger partial charge in [-0.3, -0.25) is 33.8 Å². The van der Waals surface area contributed by atoms with Gasteiger partial charge >= 0.3 is 0 Å². The number of nitrogens with two attached hydrogens (primary N) is 2. The fourth-order valence-electron chi connectivity index (χ4n) is 12.5. The monoisotopic (exact) mass is 1380 g/mol. The van der Waals surface area contributed by atoms with Gasteiger partial charge in [0.2, 0.25) is 41.7 Å². The molecule has 0 aliphatic carbocycles. The molecular formula is C60H88N12O25. The van der Waals surface area contributed by atoms with Crippen molar-refractivity contribution in [3.05, 3.63) is 65.7 Å². The number of rotatable bonds is 20. The van der Waals surface area contributed by atoms with Crippen LogP contribution in [0.4, 0.5) is 0 Å². The van der Waals surface area contributed by atoms with Crippen LogP contribution >= 0.6 is 0 Å². The molecule has 37 heteroatoms. The molecule has 7 aliphatic rings. The van der Waals surface area contributed by atoms with Crippen LogP contribution < -0.4 is 53.4 Å². The van der Waals surface area contributed by atoms with E-state index in [1.54, 1.807) is 37.3 Å². The number of fused-ring (bicyclic) bond motifs is 1. The molecule has 2 aromatic rings. The molecule has 538 valence electrons. The van der Waals surface area contributed by atoms with Gasteiger partial charge in [-0.2, -0.15) is 0 Å². The normalized spacial score (nSPS) is 37.4. The molecule has 37 nitrogen and oxygen atoms in total. The van der Waals surface area contributed by atoms with Gasteiger partial charge in [-0.25, -0.2) is 4.99 Å². The highest BCUT2D eigenvalue weighted by Crippen LogP contribution is 2.35. The first-order valence-corrected chi connectivity index (χ1v) is 31.9. The second-order valence-electron chi connectivity index (χ2n) is 24.7. The van der Waals surface area contributed by atoms with E-state index < -0.39 is 239 Å². The summed E-state index contributed by atoms with van der Waals surface area (Å²) in [4.78, 5) is 96.5. The Hall–Kier alpha value is -7.12. The minimum atomic E-state index is -2.34. The number of carbonyl (C=O) groups is 6. The Kier molecular flexibility index (Phi) is 25.3. The van der Waals surface area contributed by atoms with Gasteiger partial charge in [0.25, 0.3) is 0 Å². The number of hydrogen-bond donors (Lipinski definition) is 21. The molecule has 0 bridgehead atoms. The second-order valence-corrected chi connectivity index (χ2v) is 24.7. The number of benzene rings is 2. The van der Waals surface area contributed by atoms with Crippen molar-refractivity contribution in [2.24, 2.45) is 21.5 Å². The average molecular weight is 1380 g/mol. The summed E-state index contributed by atoms with van der Waals surface area (Å²) in [7, 11) is 0. The molecule has 97 heavy (non-hydrogen) atoms. The zero-order valence-corrected chi connectivity index (χ0v) is 52.9. The number of aliphatic hydroxyl groups is 12. The Morgan fingerprint density at radius 1 is 0.649 bits per heavy atom. The van der Waals surface area contributed by atoms with Gasteiger partial charge < -0.3 is 148 Å². The van der Waals surface area contributed by atoms with Gasteiger partial charge in [-0.1, -0.05) is 69.2 Å². The number of guanidine groups is 2. The van der Waals surface area contributed by atoms with E-state index in [2.05, 4.69) is 47.2 Å². The third-order valence-corrected chi connectivity index (χ3v) is 18.1. The lowest BCUT2D eigenvalue weighted by molar-refractivity contribution is -0.381. The molecule has 7 heterocycles. The van der Waals surface area contributed by atoms with Gasteiger partial charge in [-0.05, 0) is 36.1 Å². The lowest BCUT2D eigenvalue weighted by Gasteiger charge is -2.48. The molecule has 0 saturated carbocycles. The van der Waals surface area contributed by atoms with Crippen LogP contribution in [-0.4, -0.2) is 312 Å². The molecule has 2 aromatic carbocycles. The summed E-state index contributed by atoms with van der Waals surface area (Å²) in [5.41, 5.74) is 12.9. The minimum Gasteiger partial charge on any atom is -0.462 e. The second kappa shape index (κ2) is 33.2. The van der Waals surface area contributed by atoms with Gasteiger partial charge in [0.1, 0.15) is 121 Å². The Bertz CT molecular complexity index is 3070. The van der Waals surface area contributed by atoms with E-state index in [0.29, 0.717) is 12.0 Å². The maximum atomic E-state index is 15.2. The molecule has 23 N–H and O–H groups in total. The van der Waals surface area contributed by atoms with Crippen molar-refractivity contribution >= 4 is 47.4 Å². The molecule has 5 fully saturated rings. The number of ether oxygens (including phenoxy) is 7. The number of amides is 6. The minimum absolute atomic E-state index is 0.0229. The Morgan fingerprint density at radius 2 is 1.31 bits per heavy atom. The highest BCUT2D eigenvalue weighted by atomic mass is 16.8. The first-order valence-electron chi connectivity index (χ1n) is 31.9. The van der Waals surface area contributed by atoms with Crippen molar-refractivity contribution in [1.29, 1.82) is 0 Å². The largest absolute Gasteiger partial charge is 0.462 e. The fourth-order valence-corrected chi connectivity index (χ4v) is 12.5. The Labute approximate surface area is 554 Å². The third-order valence-electron chi connectivity index (χ3n) is 18.1. The SMILES string of the molecule is CCCCCC1OC[C@H]2O[C@H](O[C@H]3[C@H](O)[C@H](O)[C@@H](Oc4ccc(C[C@H]5NC(=O)[C@H]([C@@H](C)c6ccccc6)NC(=O)CNC(=O)[C@H](CO)NC(=O)[C@@H]([C@@H](O)[C@@H]6CN=C(N)N6[C@H]6O[C@H](CO)[C@@H](O)[C@H](O)[C@@H]6O)NC(=O)[C@H]([C@@H](O)[C@@H]6CNC(N)=N6)NC5=O)cc4)O[C@@H]3CO)[C@@H](O)[C@@H](O)[C@@H]2O1. The van der Waals surface area contributed by atoms with Crippen LogP contribution in [0.5, 0.6) is 5.75 Å². The number of nitrogens with one attached hydrogen (secondary N) is 7. The Morgan fingerprint density at radius 3 is 1.98 bits per heavy atom. The van der Waals surface area contributed by atoms with Crippen molar-refractivity contribution in [3.8, 4) is 5.75 Å². The lowest BCUT2D eigenvalue weighted by Crippen LogP contribution is -2.70. The summed E-state index contributed by atoms with van der Waals surface area (Å²) in [5.74, 6) is -8.88. The molecule has 0 aromatic heterocycles. The Balaban J connectivity index is 0.985. The van der Waals surface area contributed by atoms with E-state index in [9.17, 15) is 80.5 Å². The van der Waals surface area contributed by atoms with E-state index in [-0.39, 0.29) is 30.4 Å². The number of aliphatic hydroxyl groups excluding tert-OH is 12. The van der Waals surface area contributed by atoms with Crippen LogP contribution in [0.25, 0.3) is 0 Å². The van der Waals surface area contributed by atoms with E-state index in [0.717, 1.165) is 24.2 Å². The topological polar surface area (TPSA) is 574 Å². The number of nitrogens with zero attached hydrogens (tertiary/aromatic N) is 3. The number of hydrogen-bond acceptors (Lipinski definition) is 31. The van der Waals surface area contributed by atoms with Crippen molar-refractivity contribution in [2.75, 3.05) is 46.1 Å². The molecule has 1 unspecified atom stereocenters. The maximum Gasteiger partial charge on any atom is 0.246 e. The van der Waals surface area contributed by atoms with Gasteiger partial charge in [0, 0.05) is 18.9 Å². The van der Waals surface area contributed by atoms with E-state index >= 15 is 9.59 Å². The van der Waals surface area contributed by atoms with Gasteiger partial charge in [0.15, 0.2) is 30.7 Å². The van der Waals surface area contributed by atoms with Crippen LogP contribution in [0.1, 0.15) is 56.6 Å². The summed E-state index contributed by atoms with van der Waals surface area (Å²) in [6.07, 6.45) is -26.7. The number of unbranched alkanes of at least 4 members (excludes halogenated alkanes) is 2. The molecule has 26 atom stereocenters. The molecule has 9 rings (SSSR count). The molecule has 7 aliphatic heterocycles. The van der Waals surface area contributed by atoms with Crippen LogP contribution in [0, 0.1) is 0 Å². The number of carbonyl (C=O) groups excluding carboxylic acids is 6. The van der Waals surface area contributed by atoms with Crippen LogP contribution in [-0.2, 0) is 63.6 Å². The van der Waals surface area contributed by atoms with Gasteiger partial charge in [0.05, 0.1) is 51.6 Å². The zero-order chi connectivity index (χ0) is 70.1. The molecule has 0 spiro atoms. The quantitative estimate of drug-likeness (QED) is 0.0547. The predicted octanol–water partition coefficient (Wildman–Crippen LogP) is -10.6. The van der Waals surface area contributed by atoms with Crippen LogP contribution in [0.3, 0.4) is 0 Å². The van der Waals surface area contributed by atoms with Crippen LogP contribution in [0.2, 0.25) is 0 Å². The van der Waals surface area contributed by atoms with Crippen molar-refractivity contribution in [3.63, 3.8) is 0 Å². The maximum absolute atomic E-state index is 15.2. The summed E-state index contributed by atoms with van der Waals surface area (Å²) < 4.78 is 41.1. The molecular weight excluding hydrogens is 1290 g/mol. The van der Waals surface area contributed by atoms with E-state index in [1.807, 2.05) is 6.92 Å². The summed E-state index contributed by atoms with van der Waals surface area (Å²) in [6, 6.07) is 0.990. The highest BCUT2D eigenvalue weighted by Gasteiger charge is 2.55. The average Bonchev–Trinajstić information content (AvgIpc) is 1.70. The van der Waals surface area contributed by atoms with Gasteiger partial charge in [-0.15, -0.1) is 0 Å². The molecule has 0 radical (unpaired) electrons. The lowest BCUT2D eigenvalue weighted by atomic mass is 9.92. The predicted molar refractivity (Wildman–Crippen MR) is 329 cm³/mol. The molecule has 5 saturated heterocycles. The van der Waals surface area contributed by atoms with E-state index in [4.69, 9.17) is 44.6 Å². The third kappa shape index (κ3) is 17.1. The first-order chi connectivity index (χ1) is 46.4. The highest BCUT2D eigenvalue weighted by molar-refractivity contribution is 5.98. The van der Waals surface area contributed by atoms with Crippen molar-refractivity contribution in [2.45, 2.75) is 205 Å². The standard InChI is InChI=1S/C60H88N12O25/c1-3-4-6-11-36-91-23-34-50(96-36)45(82)48(85)58(95-34)97-49-33(22-75)94-57(47(84)44(49)81)92-27-14-12-25(13-15-27)16-28-52(87)70-38(40(77)29-17-64-59(61)68-29)55(90)71-39(41(78)31-18-65-60(62)72(31)56-46(83)43(80)42(79)32(21-74)93-56)54(89)67-30(20-73)51(86)63-19-35(76)69-37(53(88)66-28)24(2)26-9-7-5-8-10-26/h5,7-10,12-15,24,28-34,36-50,56-58,73-75,77-85H,3-4,6,11,16-23H2,1-2H3,(H2,62,65)(H,63,86)(H,66,88)(H,67,89)(H,69,76)(H,70,87)(H,71,90)(H3,61,64,68)/t24-,28+,29-,30-,31-,32+,33+,34+,36?,37-,38-,39+,40-,41-,42+,43-,44+,45+,46-,47-,48-,49+,50+,56-,57-,58+/m0/s1. The first kappa shape index (κ1) is 74.1. The van der Waals surface area contributed by atoms with Crippen molar-refractivity contribution in [1.82, 2.24) is 42.1 Å². The van der Waals surface area contributed by atoms with Crippen LogP contribution in [0.15, 0.2) is 64.6 Å².